The number of hydrogen-bond acceptors (Lipinski definition) is 3. The highest BCUT2D eigenvalue weighted by atomic mass is 32.2. The Labute approximate surface area is 112 Å². The van der Waals surface area contributed by atoms with Gasteiger partial charge in [0.05, 0.1) is 0 Å². The van der Waals surface area contributed by atoms with Crippen molar-refractivity contribution in [1.29, 1.82) is 0 Å². The monoisotopic (exact) mass is 258 g/mol. The number of nitrogens with zero attached hydrogens (tertiary/aromatic N) is 1. The van der Waals surface area contributed by atoms with Gasteiger partial charge in [-0.05, 0) is 44.9 Å². The molecule has 0 spiro atoms. The lowest BCUT2D eigenvalue weighted by molar-refractivity contribution is 0.0858. The first-order chi connectivity index (χ1) is 8.13. The maximum atomic E-state index is 6.13. The van der Waals surface area contributed by atoms with Crippen LogP contribution in [0.25, 0.3) is 0 Å². The van der Waals surface area contributed by atoms with Crippen molar-refractivity contribution in [2.75, 3.05) is 25.6 Å². The summed E-state index contributed by atoms with van der Waals surface area (Å²) in [4.78, 5) is 2.61. The van der Waals surface area contributed by atoms with Gasteiger partial charge in [-0.3, -0.25) is 4.90 Å². The number of hydrogen-bond donors (Lipinski definition) is 1. The van der Waals surface area contributed by atoms with E-state index in [0.29, 0.717) is 6.04 Å². The first-order valence-electron chi connectivity index (χ1n) is 7.05. The van der Waals surface area contributed by atoms with Gasteiger partial charge in [-0.1, -0.05) is 20.3 Å². The predicted octanol–water partition coefficient (Wildman–Crippen LogP) is 2.97. The van der Waals surface area contributed by atoms with Gasteiger partial charge < -0.3 is 5.73 Å². The molecule has 0 amide bonds. The second-order valence-electron chi connectivity index (χ2n) is 5.57. The lowest BCUT2D eigenvalue weighted by Crippen LogP contribution is -2.55. The summed E-state index contributed by atoms with van der Waals surface area (Å²) in [7, 11) is 2.30. The molecule has 0 bridgehead atoms. The smallest absolute Gasteiger partial charge is 0.0334 e. The number of thioether (sulfide) groups is 1. The van der Waals surface area contributed by atoms with Crippen molar-refractivity contribution in [3.8, 4) is 0 Å². The van der Waals surface area contributed by atoms with Gasteiger partial charge in [0.2, 0.25) is 0 Å². The molecular weight excluding hydrogens is 228 g/mol. The third kappa shape index (κ3) is 3.39. The standard InChI is InChI=1S/C14H30N2S/c1-5-12-7-8-14(9-12,11-15)16(3)13(6-2)10-17-4/h12-13H,5-11,15H2,1-4H3. The molecular formula is C14H30N2S. The van der Waals surface area contributed by atoms with E-state index in [2.05, 4.69) is 32.1 Å². The average molecular weight is 258 g/mol. The van der Waals surface area contributed by atoms with Crippen LogP contribution in [0.3, 0.4) is 0 Å². The Morgan fingerprint density at radius 1 is 1.47 bits per heavy atom. The van der Waals surface area contributed by atoms with Crippen LogP contribution in [0.5, 0.6) is 0 Å². The minimum Gasteiger partial charge on any atom is -0.329 e. The fourth-order valence-corrected chi connectivity index (χ4v) is 4.14. The van der Waals surface area contributed by atoms with Gasteiger partial charge in [0, 0.05) is 23.9 Å². The molecule has 0 heterocycles. The van der Waals surface area contributed by atoms with Crippen LogP contribution >= 0.6 is 11.8 Å². The van der Waals surface area contributed by atoms with Crippen molar-refractivity contribution in [3.05, 3.63) is 0 Å². The first-order valence-corrected chi connectivity index (χ1v) is 8.44. The minimum atomic E-state index is 0.289. The number of nitrogens with two attached hydrogens (primary N) is 1. The maximum Gasteiger partial charge on any atom is 0.0334 e. The topological polar surface area (TPSA) is 29.3 Å². The van der Waals surface area contributed by atoms with Gasteiger partial charge in [0.25, 0.3) is 0 Å². The first kappa shape index (κ1) is 15.3. The quantitative estimate of drug-likeness (QED) is 0.761. The van der Waals surface area contributed by atoms with Crippen molar-refractivity contribution < 1.29 is 0 Å². The summed E-state index contributed by atoms with van der Waals surface area (Å²) >= 11 is 1.95. The van der Waals surface area contributed by atoms with Gasteiger partial charge in [-0.15, -0.1) is 0 Å². The van der Waals surface area contributed by atoms with Crippen molar-refractivity contribution in [1.82, 2.24) is 4.90 Å². The van der Waals surface area contributed by atoms with Crippen molar-refractivity contribution in [2.45, 2.75) is 57.5 Å². The van der Waals surface area contributed by atoms with Crippen LogP contribution in [0, 0.1) is 5.92 Å². The number of rotatable bonds is 7. The van der Waals surface area contributed by atoms with E-state index >= 15 is 0 Å². The fourth-order valence-electron chi connectivity index (χ4n) is 3.30. The highest BCUT2D eigenvalue weighted by molar-refractivity contribution is 7.98. The molecule has 3 atom stereocenters. The summed E-state index contributed by atoms with van der Waals surface area (Å²) in [5.41, 5.74) is 6.42. The Morgan fingerprint density at radius 2 is 2.18 bits per heavy atom. The van der Waals surface area contributed by atoms with Crippen LogP contribution in [0.2, 0.25) is 0 Å². The van der Waals surface area contributed by atoms with E-state index in [0.717, 1.165) is 12.5 Å². The van der Waals surface area contributed by atoms with E-state index in [1.807, 2.05) is 11.8 Å². The molecule has 0 radical (unpaired) electrons. The molecule has 102 valence electrons. The molecule has 1 aliphatic rings. The third-order valence-electron chi connectivity index (χ3n) is 4.77. The van der Waals surface area contributed by atoms with Crippen LogP contribution in [0.1, 0.15) is 46.0 Å². The van der Waals surface area contributed by atoms with Crippen LogP contribution in [0.15, 0.2) is 0 Å². The maximum absolute atomic E-state index is 6.13. The Morgan fingerprint density at radius 3 is 2.59 bits per heavy atom. The van der Waals surface area contributed by atoms with Gasteiger partial charge >= 0.3 is 0 Å². The summed E-state index contributed by atoms with van der Waals surface area (Å²) < 4.78 is 0. The van der Waals surface area contributed by atoms with Crippen molar-refractivity contribution in [2.24, 2.45) is 11.7 Å². The molecule has 0 aliphatic heterocycles. The minimum absolute atomic E-state index is 0.289. The molecule has 17 heavy (non-hydrogen) atoms. The zero-order valence-corrected chi connectivity index (χ0v) is 12.9. The molecule has 3 heteroatoms. The Balaban J connectivity index is 2.72. The predicted molar refractivity (Wildman–Crippen MR) is 79.6 cm³/mol. The lowest BCUT2D eigenvalue weighted by Gasteiger charge is -2.43. The van der Waals surface area contributed by atoms with Crippen LogP contribution in [0.4, 0.5) is 0 Å². The third-order valence-corrected chi connectivity index (χ3v) is 5.49. The molecule has 2 nitrogen and oxygen atoms in total. The Kier molecular flexibility index (Phi) is 6.32. The van der Waals surface area contributed by atoms with Crippen LogP contribution in [-0.4, -0.2) is 42.1 Å². The normalized spacial score (nSPS) is 31.1. The van der Waals surface area contributed by atoms with Gasteiger partial charge in [0.1, 0.15) is 0 Å². The molecule has 0 aromatic heterocycles. The zero-order chi connectivity index (χ0) is 12.9. The molecule has 0 aromatic carbocycles. The second kappa shape index (κ2) is 7.01. The van der Waals surface area contributed by atoms with E-state index in [9.17, 15) is 0 Å². The fraction of sp³-hybridized carbons (Fsp3) is 1.00. The van der Waals surface area contributed by atoms with E-state index in [1.54, 1.807) is 0 Å². The molecule has 0 aromatic rings. The summed E-state index contributed by atoms with van der Waals surface area (Å²) in [6.45, 7) is 5.44. The zero-order valence-electron chi connectivity index (χ0n) is 12.0. The highest BCUT2D eigenvalue weighted by Crippen LogP contribution is 2.40. The van der Waals surface area contributed by atoms with E-state index in [-0.39, 0.29) is 5.54 Å². The molecule has 1 saturated carbocycles. The number of likely N-dealkylation sites (N-methyl/N-ethyl adjacent to an activating group) is 1. The summed E-state index contributed by atoms with van der Waals surface area (Å²) in [6.07, 6.45) is 8.72. The molecule has 1 aliphatic carbocycles. The molecule has 0 saturated heterocycles. The van der Waals surface area contributed by atoms with Crippen molar-refractivity contribution in [3.63, 3.8) is 0 Å². The Bertz CT molecular complexity index is 222. The molecule has 1 rings (SSSR count). The second-order valence-corrected chi connectivity index (χ2v) is 6.48. The van der Waals surface area contributed by atoms with Crippen LogP contribution < -0.4 is 5.73 Å². The van der Waals surface area contributed by atoms with Gasteiger partial charge in [-0.25, -0.2) is 0 Å². The van der Waals surface area contributed by atoms with Gasteiger partial charge in [-0.2, -0.15) is 11.8 Å². The SMILES string of the molecule is CCC1CCC(CN)(N(C)C(CC)CSC)C1. The largest absolute Gasteiger partial charge is 0.329 e. The molecule has 3 unspecified atom stereocenters. The van der Waals surface area contributed by atoms with Gasteiger partial charge in [0.15, 0.2) is 0 Å². The van der Waals surface area contributed by atoms with E-state index in [1.165, 1.54) is 37.9 Å². The summed E-state index contributed by atoms with van der Waals surface area (Å²) in [5, 5.41) is 0. The average Bonchev–Trinajstić information content (AvgIpc) is 2.80. The van der Waals surface area contributed by atoms with Crippen LogP contribution in [-0.2, 0) is 0 Å². The highest BCUT2D eigenvalue weighted by Gasteiger charge is 2.42. The molecule has 1 fully saturated rings. The lowest BCUT2D eigenvalue weighted by atomic mass is 9.91. The molecule has 2 N–H and O–H groups in total. The van der Waals surface area contributed by atoms with Crippen molar-refractivity contribution >= 4 is 11.8 Å². The van der Waals surface area contributed by atoms with E-state index in [4.69, 9.17) is 5.73 Å². The summed E-state index contributed by atoms with van der Waals surface area (Å²) in [5.74, 6) is 2.12. The Hall–Kier alpha value is 0.270. The summed E-state index contributed by atoms with van der Waals surface area (Å²) in [6, 6.07) is 0.684. The van der Waals surface area contributed by atoms with E-state index < -0.39 is 0 Å².